The Morgan fingerprint density at radius 3 is 1.93 bits per heavy atom. The van der Waals surface area contributed by atoms with Gasteiger partial charge in [-0.15, -0.1) is 0 Å². The lowest BCUT2D eigenvalue weighted by molar-refractivity contribution is -0.143. The predicted molar refractivity (Wildman–Crippen MR) is 159 cm³/mol. The molecule has 2 N–H and O–H groups in total. The number of aliphatic carboxylic acids is 1. The third-order valence-corrected chi connectivity index (χ3v) is 8.86. The molecule has 0 bridgehead atoms. The van der Waals surface area contributed by atoms with Crippen molar-refractivity contribution in [3.63, 3.8) is 0 Å². The van der Waals surface area contributed by atoms with Gasteiger partial charge >= 0.3 is 18.3 Å². The molecule has 46 heavy (non-hydrogen) atoms. The Labute approximate surface area is 262 Å². The fourth-order valence-electron chi connectivity index (χ4n) is 6.05. The molecule has 0 saturated heterocycles. The molecule has 0 amide bonds. The summed E-state index contributed by atoms with van der Waals surface area (Å²) in [4.78, 5) is 29.5. The lowest BCUT2D eigenvalue weighted by Crippen LogP contribution is -2.35. The van der Waals surface area contributed by atoms with Crippen LogP contribution in [0.25, 0.3) is 11.1 Å². The second kappa shape index (κ2) is 13.0. The fourth-order valence-corrected chi connectivity index (χ4v) is 6.05. The first kappa shape index (κ1) is 34.9. The van der Waals surface area contributed by atoms with E-state index in [0.717, 1.165) is 31.4 Å². The van der Waals surface area contributed by atoms with Crippen molar-refractivity contribution in [2.75, 3.05) is 11.9 Å². The zero-order valence-corrected chi connectivity index (χ0v) is 25.8. The maximum Gasteiger partial charge on any atom is 0.416 e. The quantitative estimate of drug-likeness (QED) is 0.225. The van der Waals surface area contributed by atoms with Gasteiger partial charge in [0.25, 0.3) is 0 Å². The van der Waals surface area contributed by atoms with E-state index in [0.29, 0.717) is 40.2 Å². The highest BCUT2D eigenvalue weighted by atomic mass is 19.4. The van der Waals surface area contributed by atoms with Crippen LogP contribution in [0.4, 0.5) is 36.4 Å². The van der Waals surface area contributed by atoms with Crippen molar-refractivity contribution < 1.29 is 45.4 Å². The van der Waals surface area contributed by atoms with Gasteiger partial charge in [-0.1, -0.05) is 6.07 Å². The van der Waals surface area contributed by atoms with E-state index in [9.17, 15) is 40.3 Å². The van der Waals surface area contributed by atoms with Gasteiger partial charge in [-0.05, 0) is 112 Å². The van der Waals surface area contributed by atoms with Gasteiger partial charge in [0, 0.05) is 23.6 Å². The van der Waals surface area contributed by atoms with Gasteiger partial charge in [-0.2, -0.15) is 26.3 Å². The summed E-state index contributed by atoms with van der Waals surface area (Å²) in [6, 6.07) is 7.22. The van der Waals surface area contributed by atoms with E-state index >= 15 is 0 Å². The highest BCUT2D eigenvalue weighted by Gasteiger charge is 2.40. The van der Waals surface area contributed by atoms with Crippen molar-refractivity contribution in [1.29, 1.82) is 0 Å². The van der Waals surface area contributed by atoms with Crippen molar-refractivity contribution in [3.8, 4) is 11.1 Å². The highest BCUT2D eigenvalue weighted by Crippen LogP contribution is 2.42. The minimum absolute atomic E-state index is 0.0226. The molecule has 4 rings (SSSR count). The fraction of sp³-hybridized carbons (Fsp3) is 0.441. The first-order valence-corrected chi connectivity index (χ1v) is 14.8. The van der Waals surface area contributed by atoms with Gasteiger partial charge in [0.05, 0.1) is 34.5 Å². The monoisotopic (exact) mass is 652 g/mol. The molecule has 248 valence electrons. The lowest BCUT2D eigenvalue weighted by Gasteiger charge is -2.29. The summed E-state index contributed by atoms with van der Waals surface area (Å²) in [6.45, 7) is 5.52. The molecule has 1 aliphatic carbocycles. The summed E-state index contributed by atoms with van der Waals surface area (Å²) in [5.41, 5.74) is -1.66. The molecule has 0 radical (unpaired) electrons. The van der Waals surface area contributed by atoms with Crippen LogP contribution in [0.1, 0.15) is 85.5 Å². The number of nitrogens with one attached hydrogen (secondary N) is 1. The molecule has 0 spiro atoms. The van der Waals surface area contributed by atoms with Crippen LogP contribution in [0.5, 0.6) is 0 Å². The number of halogens is 7. The van der Waals surface area contributed by atoms with Crippen LogP contribution < -0.4 is 5.32 Å². The molecule has 5 nitrogen and oxygen atoms in total. The van der Waals surface area contributed by atoms with Crippen LogP contribution in [0, 0.1) is 25.6 Å². The molecule has 1 aliphatic rings. The largest absolute Gasteiger partial charge is 0.481 e. The molecular weight excluding hydrogens is 617 g/mol. The lowest BCUT2D eigenvalue weighted by atomic mass is 9.78. The van der Waals surface area contributed by atoms with E-state index < -0.39 is 58.6 Å². The summed E-state index contributed by atoms with van der Waals surface area (Å²) in [7, 11) is 0. The van der Waals surface area contributed by atoms with E-state index in [2.05, 4.69) is 5.32 Å². The summed E-state index contributed by atoms with van der Waals surface area (Å²) >= 11 is 0. The number of carbonyl (C=O) groups excluding carboxylic acids is 1. The third kappa shape index (κ3) is 7.87. The number of carboxylic acid groups (broad SMARTS) is 1. The number of pyridine rings is 1. The first-order chi connectivity index (χ1) is 21.3. The Morgan fingerprint density at radius 2 is 1.41 bits per heavy atom. The number of hydrogen-bond acceptors (Lipinski definition) is 4. The normalized spacial score (nSPS) is 17.5. The van der Waals surface area contributed by atoms with Crippen molar-refractivity contribution in [2.24, 2.45) is 5.92 Å². The van der Waals surface area contributed by atoms with Gasteiger partial charge in [0.1, 0.15) is 5.82 Å². The molecule has 3 aromatic rings. The maximum atomic E-state index is 14.0. The van der Waals surface area contributed by atoms with Gasteiger partial charge in [0.15, 0.2) is 5.78 Å². The highest BCUT2D eigenvalue weighted by molar-refractivity contribution is 5.94. The number of hydrogen-bond donors (Lipinski definition) is 2. The Hall–Kier alpha value is -3.96. The van der Waals surface area contributed by atoms with Crippen molar-refractivity contribution >= 4 is 17.4 Å². The predicted octanol–water partition coefficient (Wildman–Crippen LogP) is 9.25. The van der Waals surface area contributed by atoms with Crippen molar-refractivity contribution in [1.82, 2.24) is 4.98 Å². The summed E-state index contributed by atoms with van der Waals surface area (Å²) in [5.74, 6) is -1.83. The Kier molecular flexibility index (Phi) is 9.89. The molecule has 12 heteroatoms. The molecule has 0 aliphatic heterocycles. The molecule has 1 saturated carbocycles. The number of anilines is 1. The van der Waals surface area contributed by atoms with Crippen molar-refractivity contribution in [2.45, 2.75) is 83.5 Å². The van der Waals surface area contributed by atoms with Crippen LogP contribution in [0.3, 0.4) is 0 Å². The van der Waals surface area contributed by atoms with Crippen LogP contribution in [0.15, 0.2) is 42.5 Å². The number of aromatic nitrogens is 1. The van der Waals surface area contributed by atoms with Crippen LogP contribution in [-0.4, -0.2) is 28.4 Å². The molecule has 1 fully saturated rings. The maximum absolute atomic E-state index is 14.0. The zero-order valence-electron chi connectivity index (χ0n) is 25.8. The molecule has 1 heterocycles. The SMILES string of the molecule is Cc1cc(F)ccc1-c1cc(C2CCC(CC(=O)O)CC2)nc(C)c1NCC(=O)C(C)(C)c1cc(C(F)(F)F)cc(C(F)(F)F)c1. The Morgan fingerprint density at radius 1 is 0.848 bits per heavy atom. The second-order valence-corrected chi connectivity index (χ2v) is 12.5. The zero-order chi connectivity index (χ0) is 34.2. The number of rotatable bonds is 9. The standard InChI is InChI=1S/C34H35F7N2O3/c1-18-11-25(35)9-10-26(18)27-16-28(21-7-5-20(6-8-21)12-30(45)46)43-19(2)31(27)42-17-29(44)32(3,4)22-13-23(33(36,37)38)15-24(14-22)34(39,40)41/h9-11,13-16,20-21,42H,5-8,12,17H2,1-4H3,(H,45,46). The third-order valence-electron chi connectivity index (χ3n) is 8.86. The molecular formula is C34H35F7N2O3. The van der Waals surface area contributed by atoms with Crippen molar-refractivity contribution in [3.05, 3.63) is 81.9 Å². The van der Waals surface area contributed by atoms with Crippen LogP contribution >= 0.6 is 0 Å². The summed E-state index contributed by atoms with van der Waals surface area (Å²) < 4.78 is 95.2. The first-order valence-electron chi connectivity index (χ1n) is 14.8. The minimum Gasteiger partial charge on any atom is -0.481 e. The van der Waals surface area contributed by atoms with Crippen LogP contribution in [-0.2, 0) is 27.4 Å². The minimum atomic E-state index is -5.06. The summed E-state index contributed by atoms with van der Waals surface area (Å²) in [6.07, 6.45) is -7.13. The number of nitrogens with zero attached hydrogens (tertiary/aromatic N) is 1. The second-order valence-electron chi connectivity index (χ2n) is 12.5. The van der Waals surface area contributed by atoms with Gasteiger partial charge in [-0.3, -0.25) is 14.6 Å². The van der Waals surface area contributed by atoms with E-state index in [1.807, 2.05) is 6.07 Å². The molecule has 0 unspecified atom stereocenters. The van der Waals surface area contributed by atoms with Gasteiger partial charge < -0.3 is 10.4 Å². The topological polar surface area (TPSA) is 79.3 Å². The number of carboxylic acids is 1. The average Bonchev–Trinajstić information content (AvgIpc) is 2.95. The van der Waals surface area contributed by atoms with Gasteiger partial charge in [0.2, 0.25) is 0 Å². The van der Waals surface area contributed by atoms with E-state index in [1.165, 1.54) is 26.0 Å². The number of carbonyl (C=O) groups is 2. The van der Waals surface area contributed by atoms with E-state index in [-0.39, 0.29) is 24.3 Å². The Balaban J connectivity index is 1.68. The summed E-state index contributed by atoms with van der Waals surface area (Å²) in [5, 5.41) is 12.2. The Bertz CT molecular complexity index is 1590. The smallest absolute Gasteiger partial charge is 0.416 e. The number of aryl methyl sites for hydroxylation is 2. The number of alkyl halides is 6. The molecule has 2 aromatic carbocycles. The molecule has 0 atom stereocenters. The number of benzene rings is 2. The number of ketones is 1. The average molecular weight is 653 g/mol. The van der Waals surface area contributed by atoms with Gasteiger partial charge in [-0.25, -0.2) is 4.39 Å². The van der Waals surface area contributed by atoms with E-state index in [4.69, 9.17) is 10.1 Å². The van der Waals surface area contributed by atoms with Crippen LogP contribution in [0.2, 0.25) is 0 Å². The van der Waals surface area contributed by atoms with E-state index in [1.54, 1.807) is 19.9 Å². The number of Topliss-reactive ketones (excluding diaryl/α,β-unsaturated/α-hetero) is 1. The molecule has 1 aromatic heterocycles.